The highest BCUT2D eigenvalue weighted by atomic mass is 32.2. The van der Waals surface area contributed by atoms with Crippen LogP contribution in [0.5, 0.6) is 0 Å². The summed E-state index contributed by atoms with van der Waals surface area (Å²) in [6, 6.07) is 5.74. The van der Waals surface area contributed by atoms with Gasteiger partial charge in [-0.3, -0.25) is 0 Å². The summed E-state index contributed by atoms with van der Waals surface area (Å²) in [4.78, 5) is 11.1. The zero-order chi connectivity index (χ0) is 15.0. The number of benzene rings is 1. The van der Waals surface area contributed by atoms with Crippen molar-refractivity contribution in [1.82, 2.24) is 4.31 Å². The first kappa shape index (κ1) is 14.5. The van der Waals surface area contributed by atoms with Crippen LogP contribution in [0.25, 0.3) is 0 Å². The van der Waals surface area contributed by atoms with E-state index in [9.17, 15) is 13.2 Å². The van der Waals surface area contributed by atoms with Crippen molar-refractivity contribution in [3.05, 3.63) is 29.8 Å². The van der Waals surface area contributed by atoms with Crippen LogP contribution in [0.2, 0.25) is 0 Å². The monoisotopic (exact) mass is 309 g/mol. The topological polar surface area (TPSA) is 74.7 Å². The number of aromatic carboxylic acids is 1. The van der Waals surface area contributed by atoms with Crippen molar-refractivity contribution in [2.75, 3.05) is 6.54 Å². The Morgan fingerprint density at radius 3 is 2.71 bits per heavy atom. The van der Waals surface area contributed by atoms with Crippen LogP contribution in [0, 0.1) is 5.92 Å². The minimum atomic E-state index is -3.60. The molecule has 21 heavy (non-hydrogen) atoms. The molecular weight excluding hydrogens is 290 g/mol. The van der Waals surface area contributed by atoms with Crippen molar-refractivity contribution < 1.29 is 18.3 Å². The van der Waals surface area contributed by atoms with Crippen LogP contribution in [-0.2, 0) is 10.0 Å². The van der Waals surface area contributed by atoms with E-state index in [1.807, 2.05) is 0 Å². The molecule has 2 aliphatic rings. The molecule has 114 valence electrons. The third-order valence-electron chi connectivity index (χ3n) is 4.65. The van der Waals surface area contributed by atoms with Crippen LogP contribution in [0.4, 0.5) is 0 Å². The number of nitrogens with zero attached hydrogens (tertiary/aromatic N) is 1. The van der Waals surface area contributed by atoms with E-state index in [2.05, 4.69) is 0 Å². The molecule has 0 spiro atoms. The molecule has 1 aromatic carbocycles. The predicted octanol–water partition coefficient (Wildman–Crippen LogP) is 2.34. The Hall–Kier alpha value is -1.40. The second kappa shape index (κ2) is 5.42. The van der Waals surface area contributed by atoms with E-state index < -0.39 is 16.0 Å². The van der Waals surface area contributed by atoms with Gasteiger partial charge in [-0.1, -0.05) is 18.9 Å². The van der Waals surface area contributed by atoms with Crippen molar-refractivity contribution in [2.24, 2.45) is 5.92 Å². The van der Waals surface area contributed by atoms with E-state index in [0.29, 0.717) is 12.5 Å². The maximum atomic E-state index is 12.8. The third-order valence-corrected chi connectivity index (χ3v) is 6.57. The molecule has 5 nitrogen and oxygen atoms in total. The molecule has 1 saturated carbocycles. The summed E-state index contributed by atoms with van der Waals surface area (Å²) >= 11 is 0. The zero-order valence-electron chi connectivity index (χ0n) is 11.7. The number of sulfonamides is 1. The van der Waals surface area contributed by atoms with Gasteiger partial charge in [-0.25, -0.2) is 13.2 Å². The minimum absolute atomic E-state index is 0.00969. The van der Waals surface area contributed by atoms with Crippen molar-refractivity contribution in [2.45, 2.75) is 43.0 Å². The average molecular weight is 309 g/mol. The molecule has 2 unspecified atom stereocenters. The molecule has 1 aliphatic heterocycles. The molecule has 1 saturated heterocycles. The first-order chi connectivity index (χ1) is 10.00. The molecule has 0 aromatic heterocycles. The Morgan fingerprint density at radius 1 is 1.19 bits per heavy atom. The van der Waals surface area contributed by atoms with Crippen molar-refractivity contribution >= 4 is 16.0 Å². The maximum Gasteiger partial charge on any atom is 0.335 e. The first-order valence-corrected chi connectivity index (χ1v) is 8.79. The lowest BCUT2D eigenvalue weighted by Crippen LogP contribution is -2.39. The van der Waals surface area contributed by atoms with E-state index in [1.54, 1.807) is 4.31 Å². The van der Waals surface area contributed by atoms with Gasteiger partial charge in [0.2, 0.25) is 10.0 Å². The Bertz CT molecular complexity index is 655. The van der Waals surface area contributed by atoms with Gasteiger partial charge < -0.3 is 5.11 Å². The zero-order valence-corrected chi connectivity index (χ0v) is 12.6. The van der Waals surface area contributed by atoms with E-state index in [1.165, 1.54) is 30.7 Å². The fourth-order valence-electron chi connectivity index (χ4n) is 3.59. The molecule has 1 aromatic rings. The van der Waals surface area contributed by atoms with E-state index in [0.717, 1.165) is 25.7 Å². The lowest BCUT2D eigenvalue weighted by Gasteiger charge is -2.31. The Balaban J connectivity index is 1.93. The summed E-state index contributed by atoms with van der Waals surface area (Å²) in [5.74, 6) is -0.639. The molecule has 0 amide bonds. The third kappa shape index (κ3) is 2.58. The van der Waals surface area contributed by atoms with Gasteiger partial charge in [-0.15, -0.1) is 0 Å². The van der Waals surface area contributed by atoms with Crippen molar-refractivity contribution in [1.29, 1.82) is 0 Å². The second-order valence-corrected chi connectivity index (χ2v) is 7.74. The minimum Gasteiger partial charge on any atom is -0.478 e. The first-order valence-electron chi connectivity index (χ1n) is 7.35. The average Bonchev–Trinajstić information content (AvgIpc) is 2.92. The van der Waals surface area contributed by atoms with Gasteiger partial charge >= 0.3 is 5.97 Å². The smallest absolute Gasteiger partial charge is 0.335 e. The Labute approximate surface area is 124 Å². The van der Waals surface area contributed by atoms with Gasteiger partial charge in [0.05, 0.1) is 10.5 Å². The number of hydrogen-bond acceptors (Lipinski definition) is 3. The van der Waals surface area contributed by atoms with Gasteiger partial charge in [0.15, 0.2) is 0 Å². The number of carbonyl (C=O) groups is 1. The summed E-state index contributed by atoms with van der Waals surface area (Å²) in [5.41, 5.74) is 0.00969. The Morgan fingerprint density at radius 2 is 1.95 bits per heavy atom. The molecule has 0 bridgehead atoms. The molecule has 1 heterocycles. The Kier molecular flexibility index (Phi) is 3.75. The molecular formula is C15H19NO4S. The quantitative estimate of drug-likeness (QED) is 0.930. The molecule has 0 radical (unpaired) electrons. The second-order valence-electron chi connectivity index (χ2n) is 5.85. The highest BCUT2D eigenvalue weighted by Crippen LogP contribution is 2.39. The highest BCUT2D eigenvalue weighted by Gasteiger charge is 2.42. The van der Waals surface area contributed by atoms with Gasteiger partial charge in [-0.05, 0) is 43.4 Å². The van der Waals surface area contributed by atoms with E-state index in [4.69, 9.17) is 5.11 Å². The fourth-order valence-corrected chi connectivity index (χ4v) is 5.36. The van der Waals surface area contributed by atoms with Crippen LogP contribution in [0.3, 0.4) is 0 Å². The SMILES string of the molecule is O=C(O)c1cccc(S(=O)(=O)N2CCC3CCCCC32)c1. The molecule has 2 atom stereocenters. The number of hydrogen-bond donors (Lipinski definition) is 1. The van der Waals surface area contributed by atoms with Gasteiger partial charge in [-0.2, -0.15) is 4.31 Å². The van der Waals surface area contributed by atoms with Crippen LogP contribution >= 0.6 is 0 Å². The lowest BCUT2D eigenvalue weighted by atomic mass is 9.86. The van der Waals surface area contributed by atoms with E-state index >= 15 is 0 Å². The molecule has 1 N–H and O–H groups in total. The molecule has 2 fully saturated rings. The standard InChI is InChI=1S/C15H19NO4S/c17-15(18)12-5-3-6-13(10-12)21(19,20)16-9-8-11-4-1-2-7-14(11)16/h3,5-6,10-11,14H,1-2,4,7-9H2,(H,17,18). The highest BCUT2D eigenvalue weighted by molar-refractivity contribution is 7.89. The summed E-state index contributed by atoms with van der Waals surface area (Å²) in [6.07, 6.45) is 5.20. The van der Waals surface area contributed by atoms with Gasteiger partial charge in [0.25, 0.3) is 0 Å². The fraction of sp³-hybridized carbons (Fsp3) is 0.533. The number of carboxylic acid groups (broad SMARTS) is 1. The lowest BCUT2D eigenvalue weighted by molar-refractivity contribution is 0.0696. The number of rotatable bonds is 3. The van der Waals surface area contributed by atoms with Crippen LogP contribution in [0.1, 0.15) is 42.5 Å². The number of fused-ring (bicyclic) bond motifs is 1. The van der Waals surface area contributed by atoms with Crippen molar-refractivity contribution in [3.63, 3.8) is 0 Å². The van der Waals surface area contributed by atoms with Crippen LogP contribution < -0.4 is 0 Å². The maximum absolute atomic E-state index is 12.8. The summed E-state index contributed by atoms with van der Waals surface area (Å²) < 4.78 is 27.2. The number of carboxylic acids is 1. The predicted molar refractivity (Wildman–Crippen MR) is 77.7 cm³/mol. The summed E-state index contributed by atoms with van der Waals surface area (Å²) in [5, 5.41) is 9.02. The summed E-state index contributed by atoms with van der Waals surface area (Å²) in [7, 11) is -3.60. The molecule has 6 heteroatoms. The molecule has 3 rings (SSSR count). The molecule has 1 aliphatic carbocycles. The summed E-state index contributed by atoms with van der Waals surface area (Å²) in [6.45, 7) is 0.551. The van der Waals surface area contributed by atoms with Crippen LogP contribution in [0.15, 0.2) is 29.2 Å². The van der Waals surface area contributed by atoms with Crippen molar-refractivity contribution in [3.8, 4) is 0 Å². The van der Waals surface area contributed by atoms with Crippen LogP contribution in [-0.4, -0.2) is 36.4 Å². The van der Waals surface area contributed by atoms with Gasteiger partial charge in [0.1, 0.15) is 0 Å². The largest absolute Gasteiger partial charge is 0.478 e. The van der Waals surface area contributed by atoms with Gasteiger partial charge in [0, 0.05) is 12.6 Å². The normalized spacial score (nSPS) is 26.5. The van der Waals surface area contributed by atoms with E-state index in [-0.39, 0.29) is 16.5 Å².